The average molecular weight is 2090 g/mol. The van der Waals surface area contributed by atoms with E-state index in [0.29, 0.717) is 79.8 Å². The Balaban J connectivity index is 0.000000274. The first-order valence-electron chi connectivity index (χ1n) is 56.1. The van der Waals surface area contributed by atoms with E-state index in [-0.39, 0.29) is 33.4 Å². The molecular weight excluding hydrogens is 1920 g/mol. The van der Waals surface area contributed by atoms with Gasteiger partial charge in [0.1, 0.15) is 11.5 Å². The van der Waals surface area contributed by atoms with Gasteiger partial charge in [-0.3, -0.25) is 24.1 Å². The van der Waals surface area contributed by atoms with Crippen LogP contribution < -0.4 is 9.47 Å². The fraction of sp³-hybridized carbons (Fsp3) is 0.565. The highest BCUT2D eigenvalue weighted by atomic mass is 32.2. The third-order valence-corrected chi connectivity index (χ3v) is 38.9. The van der Waals surface area contributed by atoms with Crippen LogP contribution in [-0.2, 0) is 28.9 Å². The fourth-order valence-corrected chi connectivity index (χ4v) is 29.2. The highest BCUT2D eigenvalue weighted by molar-refractivity contribution is 7.99. The van der Waals surface area contributed by atoms with Gasteiger partial charge in [0, 0.05) is 84.8 Å². The summed E-state index contributed by atoms with van der Waals surface area (Å²) < 4.78 is 44.2. The predicted molar refractivity (Wildman–Crippen MR) is 616 cm³/mol. The Bertz CT molecular complexity index is 5500. The molecule has 0 saturated carbocycles. The molecule has 13 rings (SSSR count). The van der Waals surface area contributed by atoms with Crippen LogP contribution in [0.15, 0.2) is 155 Å². The zero-order valence-electron chi connectivity index (χ0n) is 88.6. The number of benzene rings is 3. The molecule has 0 aliphatic carbocycles. The van der Waals surface area contributed by atoms with Crippen LogP contribution in [0.4, 0.5) is 8.78 Å². The summed E-state index contributed by atoms with van der Waals surface area (Å²) in [5.41, 5.74) is 7.30. The fourth-order valence-electron chi connectivity index (χ4n) is 20.6. The lowest BCUT2D eigenvalue weighted by Crippen LogP contribution is -2.31. The van der Waals surface area contributed by atoms with Gasteiger partial charge in [0.15, 0.2) is 11.6 Å². The molecule has 778 valence electrons. The molecule has 0 saturated heterocycles. The van der Waals surface area contributed by atoms with Crippen molar-refractivity contribution in [3.05, 3.63) is 209 Å². The number of allylic oxidation sites excluding steroid dienone is 1. The third-order valence-electron chi connectivity index (χ3n) is 29.2. The average Bonchev–Trinajstić information content (AvgIpc) is 1.58. The molecule has 9 nitrogen and oxygen atoms in total. The van der Waals surface area contributed by atoms with E-state index in [2.05, 4.69) is 158 Å². The molecule has 3 aromatic carbocycles. The lowest BCUT2D eigenvalue weighted by molar-refractivity contribution is -0.124. The van der Waals surface area contributed by atoms with Crippen molar-refractivity contribution >= 4 is 120 Å². The van der Waals surface area contributed by atoms with Crippen LogP contribution in [-0.4, -0.2) is 76.9 Å². The summed E-state index contributed by atoms with van der Waals surface area (Å²) in [7, 11) is 0. The number of imide groups is 1. The molecule has 10 aromatic rings. The summed E-state index contributed by atoms with van der Waals surface area (Å²) in [6.07, 6.45) is 63.4. The van der Waals surface area contributed by atoms with Crippen molar-refractivity contribution in [3.8, 4) is 60.3 Å². The van der Waals surface area contributed by atoms with Gasteiger partial charge in [0.25, 0.3) is 23.6 Å². The number of fused-ring (bicyclic) bond motifs is 2. The number of rotatable bonds is 72. The van der Waals surface area contributed by atoms with Crippen LogP contribution in [0.1, 0.15) is 414 Å². The number of hydrogen-bond donors (Lipinski definition) is 0. The first-order chi connectivity index (χ1) is 69.9. The highest BCUT2D eigenvalue weighted by Gasteiger charge is 2.48. The lowest BCUT2D eigenvalue weighted by Gasteiger charge is -2.23. The first-order valence-corrected chi connectivity index (χ1v) is 62.8. The summed E-state index contributed by atoms with van der Waals surface area (Å²) in [4.78, 5) is 76.1. The topological polar surface area (TPSA) is 96.5 Å². The van der Waals surface area contributed by atoms with E-state index < -0.39 is 11.6 Å². The molecule has 0 radical (unpaired) electrons. The van der Waals surface area contributed by atoms with Crippen molar-refractivity contribution in [2.75, 3.05) is 38.6 Å². The van der Waals surface area contributed by atoms with E-state index in [9.17, 15) is 19.2 Å². The zero-order valence-corrected chi connectivity index (χ0v) is 95.1. The van der Waals surface area contributed by atoms with Crippen molar-refractivity contribution in [1.82, 2.24) is 14.7 Å². The Morgan fingerprint density at radius 2 is 0.608 bits per heavy atom. The Hall–Kier alpha value is -7.07. The number of carbonyl (C=O) groups is 4. The minimum atomic E-state index is -0.865. The van der Waals surface area contributed by atoms with Crippen LogP contribution in [0.25, 0.3) is 54.5 Å². The van der Waals surface area contributed by atoms with Gasteiger partial charge in [-0.05, 0) is 256 Å². The van der Waals surface area contributed by atoms with Crippen molar-refractivity contribution in [2.45, 2.75) is 402 Å². The molecule has 10 heterocycles. The number of aryl methyl sites for hydroxylation is 6. The van der Waals surface area contributed by atoms with Gasteiger partial charge in [-0.2, -0.15) is 0 Å². The summed E-state index contributed by atoms with van der Waals surface area (Å²) in [6.45, 7) is 24.7. The van der Waals surface area contributed by atoms with Gasteiger partial charge in [0.2, 0.25) is 0 Å². The predicted octanol–water partition coefficient (Wildman–Crippen LogP) is 39.9. The second-order valence-electron chi connectivity index (χ2n) is 41.0. The summed E-state index contributed by atoms with van der Waals surface area (Å²) in [5.74, 6) is 2.89. The number of thioether (sulfide) groups is 1. The molecule has 0 fully saturated rings. The summed E-state index contributed by atoms with van der Waals surface area (Å²) >= 11 is 12.9. The van der Waals surface area contributed by atoms with E-state index in [1.165, 1.54) is 336 Å². The second kappa shape index (κ2) is 63.0. The Morgan fingerprint density at radius 1 is 0.287 bits per heavy atom. The van der Waals surface area contributed by atoms with Crippen molar-refractivity contribution in [1.29, 1.82) is 0 Å². The minimum absolute atomic E-state index is 0.121. The number of halogens is 2. The maximum atomic E-state index is 15.8. The van der Waals surface area contributed by atoms with E-state index in [4.69, 9.17) is 9.47 Å². The summed E-state index contributed by atoms with van der Waals surface area (Å²) in [6, 6.07) is 47.0. The number of ether oxygens (including phenoxy) is 2. The molecule has 7 aromatic heterocycles. The minimum Gasteiger partial charge on any atom is -0.493 e. The number of unbranched alkanes of at least 4 members (excludes halogenated alkanes) is 33. The molecule has 0 bridgehead atoms. The monoisotopic (exact) mass is 2090 g/mol. The van der Waals surface area contributed by atoms with E-state index in [1.807, 2.05) is 79.5 Å². The van der Waals surface area contributed by atoms with E-state index >= 15 is 8.78 Å². The maximum Gasteiger partial charge on any atom is 0.263 e. The Morgan fingerprint density at radius 3 is 1.06 bits per heavy atom. The SMILES string of the molecule is CCCCCCCCC(CCCCCC)COc1ccc(CCCCCN2C(=O)C3=C(c4ccc(-c5sc(-c6ccc(C)s6)c(F)c5F)s4)N(CCCCCc4ccc(OCC(CCCCCC)CCCCCCCC)cc4)C(=O)C3=C2C)cc1.CCCCCCCCCCC(CCCCCCCC)CSc1ccc(CCCCN2C(=O)c3c(C)sc(-c4ccc(-c5ccc(-c6ccc(C)s6)s5)s4)c3C2=O)cc1. The normalized spacial score (nSPS) is 13.8. The van der Waals surface area contributed by atoms with Crippen LogP contribution >= 0.6 is 91.1 Å². The number of thiophene rings is 7. The number of carbonyl (C=O) groups excluding carboxylic acids is 4. The van der Waals surface area contributed by atoms with Crippen molar-refractivity contribution < 1.29 is 37.4 Å². The Labute approximate surface area is 892 Å². The van der Waals surface area contributed by atoms with Crippen LogP contribution in [0.3, 0.4) is 0 Å². The molecule has 3 atom stereocenters. The van der Waals surface area contributed by atoms with Gasteiger partial charge in [-0.25, -0.2) is 8.78 Å². The molecule has 4 amide bonds. The molecule has 0 spiro atoms. The quantitative estimate of drug-likeness (QED) is 0.0213. The van der Waals surface area contributed by atoms with Gasteiger partial charge in [0.05, 0.1) is 60.7 Å². The highest BCUT2D eigenvalue weighted by Crippen LogP contribution is 2.52. The van der Waals surface area contributed by atoms with Crippen LogP contribution in [0, 0.1) is 50.2 Å². The van der Waals surface area contributed by atoms with Gasteiger partial charge in [-0.15, -0.1) is 91.1 Å². The van der Waals surface area contributed by atoms with Gasteiger partial charge >= 0.3 is 0 Å². The molecular formula is C124H169F2N3O6S8. The van der Waals surface area contributed by atoms with E-state index in [0.717, 1.165) is 132 Å². The zero-order chi connectivity index (χ0) is 101. The van der Waals surface area contributed by atoms with E-state index in [1.54, 1.807) is 32.5 Å². The molecule has 19 heteroatoms. The largest absolute Gasteiger partial charge is 0.493 e. The molecule has 0 N–H and O–H groups in total. The smallest absolute Gasteiger partial charge is 0.263 e. The molecule has 3 aliphatic rings. The number of amides is 4. The van der Waals surface area contributed by atoms with Crippen molar-refractivity contribution in [2.24, 2.45) is 17.8 Å². The van der Waals surface area contributed by atoms with Crippen molar-refractivity contribution in [3.63, 3.8) is 0 Å². The van der Waals surface area contributed by atoms with Gasteiger partial charge in [-0.1, -0.05) is 309 Å². The first kappa shape index (κ1) is 115. The number of hydrogen-bond acceptors (Lipinski definition) is 14. The molecule has 3 aliphatic heterocycles. The standard InChI is InChI=1S/C74H104F2N2O4S3.C50H65NO2S5/c1-7-11-15-19-21-27-37-59(35-25-17-13-9-3)53-81-61-44-40-57(41-45-61)33-29-23-31-51-77-56(6)66-67(74(77)80)70(63-49-50-65(84-63)72-69(76)68(75)71(85-72)64-48-39-55(5)83-64)78(73(66)79)52-32-24-30-34-58-42-46-62(47-43-58)82-54-60(36-26-18-14-10-4)38-28-22-20-16-12-8-2;1-5-7-9-11-13-14-16-18-23-39(22-17-15-12-10-8-6-2)35-54-40-27-25-38(26-28-40)21-19-20-34-51-49(52)46-37(4)56-48(47(46)50(51)53)45-33-32-44(58-45)43-31-30-42(57-43)41-29-24-36(3)55-41/h39-50,59-60H,7-38,51-54H2,1-6H3;24-33,39H,5-23,34-35H2,1-4H3. The molecule has 143 heavy (non-hydrogen) atoms. The maximum absolute atomic E-state index is 15.8. The molecule has 3 unspecified atom stereocenters. The third kappa shape index (κ3) is 35.3. The Kier molecular flexibility index (Phi) is 50.5. The van der Waals surface area contributed by atoms with Crippen LogP contribution in [0.2, 0.25) is 0 Å². The number of nitrogens with zero attached hydrogens (tertiary/aromatic N) is 3. The van der Waals surface area contributed by atoms with Gasteiger partial charge < -0.3 is 19.3 Å². The lowest BCUT2D eigenvalue weighted by atomic mass is 9.95. The van der Waals surface area contributed by atoms with Crippen LogP contribution in [0.5, 0.6) is 11.5 Å². The second-order valence-corrected chi connectivity index (χ2v) is 50.1. The summed E-state index contributed by atoms with van der Waals surface area (Å²) in [5, 5.41) is 0.